The zero-order chi connectivity index (χ0) is 12.6. The van der Waals surface area contributed by atoms with Crippen LogP contribution in [-0.4, -0.2) is 10.6 Å². The predicted octanol–water partition coefficient (Wildman–Crippen LogP) is -1.56. The number of ether oxygens (including phenoxy) is 1. The normalized spacial score (nSPS) is 16.3. The Balaban J connectivity index is 0.00000162. The van der Waals surface area contributed by atoms with Gasteiger partial charge in [0, 0.05) is 23.6 Å². The van der Waals surface area contributed by atoms with Crippen LogP contribution < -0.4 is 34.7 Å². The van der Waals surface area contributed by atoms with Crippen molar-refractivity contribution in [3.63, 3.8) is 0 Å². The van der Waals surface area contributed by atoms with E-state index in [4.69, 9.17) is 10.00 Å². The Morgan fingerprint density at radius 3 is 2.67 bits per heavy atom. The van der Waals surface area contributed by atoms with Crippen molar-refractivity contribution in [2.45, 2.75) is 45.8 Å². The smallest absolute Gasteiger partial charge is 0.858 e. The molecule has 0 amide bonds. The number of pyridine rings is 1. The summed E-state index contributed by atoms with van der Waals surface area (Å²) in [6.07, 6.45) is 1.28. The molecule has 0 saturated heterocycles. The molecule has 18 heavy (non-hydrogen) atoms. The molecule has 1 aromatic heterocycles. The molecule has 2 heterocycles. The van der Waals surface area contributed by atoms with Gasteiger partial charge >= 0.3 is 29.6 Å². The second-order valence-corrected chi connectivity index (χ2v) is 4.89. The summed E-state index contributed by atoms with van der Waals surface area (Å²) in [4.78, 5) is 3.97. The molecule has 1 aliphatic heterocycles. The van der Waals surface area contributed by atoms with Gasteiger partial charge in [0.05, 0.1) is 17.8 Å². The van der Waals surface area contributed by atoms with Crippen LogP contribution in [0.2, 0.25) is 0 Å². The molecule has 0 aliphatic carbocycles. The molecule has 0 bridgehead atoms. The van der Waals surface area contributed by atoms with Crippen LogP contribution in [-0.2, 0) is 24.2 Å². The number of nitrogens with zero attached hydrogens (tertiary/aromatic N) is 2. The molecule has 5 heteroatoms. The van der Waals surface area contributed by atoms with Gasteiger partial charge in [0.2, 0.25) is 0 Å². The minimum atomic E-state index is -0.402. The van der Waals surface area contributed by atoms with E-state index in [-0.39, 0.29) is 40.7 Å². The predicted molar refractivity (Wildman–Crippen MR) is 60.3 cm³/mol. The molecule has 0 atom stereocenters. The van der Waals surface area contributed by atoms with Crippen LogP contribution in [0.1, 0.15) is 43.2 Å². The van der Waals surface area contributed by atoms with E-state index < -0.39 is 5.88 Å². The van der Waals surface area contributed by atoms with Crippen molar-refractivity contribution in [3.05, 3.63) is 22.4 Å². The zero-order valence-corrected chi connectivity index (χ0v) is 13.3. The molecule has 0 aromatic carbocycles. The minimum absolute atomic E-state index is 0. The Hall–Kier alpha value is -0.600. The van der Waals surface area contributed by atoms with E-state index in [0.717, 1.165) is 16.8 Å². The van der Waals surface area contributed by atoms with Crippen molar-refractivity contribution in [2.75, 3.05) is 0 Å². The molecule has 2 rings (SSSR count). The van der Waals surface area contributed by atoms with E-state index >= 15 is 0 Å². The third-order valence-corrected chi connectivity index (χ3v) is 3.12. The van der Waals surface area contributed by atoms with Gasteiger partial charge in [-0.1, -0.05) is 6.92 Å². The van der Waals surface area contributed by atoms with Gasteiger partial charge in [-0.05, 0) is 25.8 Å². The molecule has 0 radical (unpaired) electrons. The van der Waals surface area contributed by atoms with Gasteiger partial charge in [-0.2, -0.15) is 5.26 Å². The number of aryl methyl sites for hydroxylation is 1. The van der Waals surface area contributed by atoms with Gasteiger partial charge in [0.1, 0.15) is 6.07 Å². The maximum Gasteiger partial charge on any atom is 1.00 e. The van der Waals surface area contributed by atoms with Crippen LogP contribution in [0.15, 0.2) is 0 Å². The Bertz CT molecular complexity index is 507. The largest absolute Gasteiger partial charge is 1.00 e. The first-order valence-electron chi connectivity index (χ1n) is 5.74. The molecule has 0 unspecified atom stereocenters. The fraction of sp³-hybridized carbons (Fsp3) is 0.538. The van der Waals surface area contributed by atoms with Crippen LogP contribution >= 0.6 is 0 Å². The van der Waals surface area contributed by atoms with Crippen molar-refractivity contribution in [3.8, 4) is 11.9 Å². The van der Waals surface area contributed by atoms with Crippen LogP contribution in [0.5, 0.6) is 5.88 Å². The van der Waals surface area contributed by atoms with Crippen LogP contribution in [0.25, 0.3) is 0 Å². The maximum absolute atomic E-state index is 11.7. The Morgan fingerprint density at radius 1 is 1.44 bits per heavy atom. The van der Waals surface area contributed by atoms with E-state index in [1.54, 1.807) is 0 Å². The SMILES string of the molecule is CCc1nc([O-])c(C#N)c2c1COC(C)(C)C2.[Na+]. The molecule has 0 fully saturated rings. The summed E-state index contributed by atoms with van der Waals surface area (Å²) in [5.41, 5.74) is 2.40. The Morgan fingerprint density at radius 2 is 2.11 bits per heavy atom. The van der Waals surface area contributed by atoms with Crippen LogP contribution in [0.4, 0.5) is 0 Å². The summed E-state index contributed by atoms with van der Waals surface area (Å²) in [5.74, 6) is -0.402. The first-order valence-corrected chi connectivity index (χ1v) is 5.74. The molecule has 0 spiro atoms. The van der Waals surface area contributed by atoms with E-state index in [2.05, 4.69) is 4.98 Å². The number of hydrogen-bond acceptors (Lipinski definition) is 4. The van der Waals surface area contributed by atoms with Crippen molar-refractivity contribution in [1.29, 1.82) is 5.26 Å². The average molecular weight is 254 g/mol. The molecular weight excluding hydrogens is 239 g/mol. The van der Waals surface area contributed by atoms with Gasteiger partial charge in [-0.25, -0.2) is 0 Å². The fourth-order valence-electron chi connectivity index (χ4n) is 2.22. The number of hydrogen-bond donors (Lipinski definition) is 0. The van der Waals surface area contributed by atoms with Crippen LogP contribution in [0.3, 0.4) is 0 Å². The van der Waals surface area contributed by atoms with Gasteiger partial charge in [0.25, 0.3) is 0 Å². The molecule has 0 saturated carbocycles. The summed E-state index contributed by atoms with van der Waals surface area (Å²) in [6.45, 7) is 6.32. The molecule has 1 aliphatic rings. The second-order valence-electron chi connectivity index (χ2n) is 4.89. The van der Waals surface area contributed by atoms with Crippen molar-refractivity contribution >= 4 is 0 Å². The van der Waals surface area contributed by atoms with E-state index in [1.807, 2.05) is 26.8 Å². The Labute approximate surface area is 129 Å². The minimum Gasteiger partial charge on any atom is -0.858 e. The molecule has 0 N–H and O–H groups in total. The first-order chi connectivity index (χ1) is 7.98. The van der Waals surface area contributed by atoms with Gasteiger partial charge in [-0.3, -0.25) is 4.98 Å². The zero-order valence-electron chi connectivity index (χ0n) is 11.3. The Kier molecular flexibility index (Phi) is 4.79. The van der Waals surface area contributed by atoms with Crippen molar-refractivity contribution in [2.24, 2.45) is 0 Å². The average Bonchev–Trinajstić information content (AvgIpc) is 2.26. The monoisotopic (exact) mass is 254 g/mol. The van der Waals surface area contributed by atoms with E-state index in [0.29, 0.717) is 19.4 Å². The van der Waals surface area contributed by atoms with E-state index in [9.17, 15) is 5.11 Å². The summed E-state index contributed by atoms with van der Waals surface area (Å²) in [5, 5.41) is 20.8. The van der Waals surface area contributed by atoms with Crippen molar-refractivity contribution in [1.82, 2.24) is 4.98 Å². The number of aromatic nitrogens is 1. The topological polar surface area (TPSA) is 69.0 Å². The van der Waals surface area contributed by atoms with Gasteiger partial charge in [-0.15, -0.1) is 0 Å². The number of nitriles is 1. The maximum atomic E-state index is 11.7. The summed E-state index contributed by atoms with van der Waals surface area (Å²) < 4.78 is 5.72. The number of fused-ring (bicyclic) bond motifs is 1. The standard InChI is InChI=1S/C13H16N2O2.Na/c1-4-11-10-7-17-13(2,3)5-8(10)9(6-14)12(16)15-11;/h4-5,7H2,1-3H3,(H,15,16);/q;+1/p-1. The molecule has 90 valence electrons. The summed E-state index contributed by atoms with van der Waals surface area (Å²) in [6, 6.07) is 1.98. The fourth-order valence-corrected chi connectivity index (χ4v) is 2.22. The molecule has 4 nitrogen and oxygen atoms in total. The molecular formula is C13H15N2NaO2. The quantitative estimate of drug-likeness (QED) is 0.569. The first kappa shape index (κ1) is 15.5. The number of rotatable bonds is 1. The van der Waals surface area contributed by atoms with Crippen molar-refractivity contribution < 1.29 is 39.4 Å². The second kappa shape index (κ2) is 5.58. The van der Waals surface area contributed by atoms with Gasteiger partial charge < -0.3 is 9.84 Å². The molecule has 1 aromatic rings. The summed E-state index contributed by atoms with van der Waals surface area (Å²) in [7, 11) is 0. The van der Waals surface area contributed by atoms with E-state index in [1.165, 1.54) is 0 Å². The van der Waals surface area contributed by atoms with Gasteiger partial charge in [0.15, 0.2) is 0 Å². The third-order valence-electron chi connectivity index (χ3n) is 3.12. The third kappa shape index (κ3) is 2.70. The van der Waals surface area contributed by atoms with Crippen LogP contribution in [0, 0.1) is 11.3 Å². The summed E-state index contributed by atoms with van der Waals surface area (Å²) >= 11 is 0.